The van der Waals surface area contributed by atoms with Crippen LogP contribution in [0.1, 0.15) is 43.2 Å². The van der Waals surface area contributed by atoms with Crippen LogP contribution in [0.5, 0.6) is 0 Å². The highest BCUT2D eigenvalue weighted by Crippen LogP contribution is 2.40. The summed E-state index contributed by atoms with van der Waals surface area (Å²) in [6.45, 7) is 1.04. The van der Waals surface area contributed by atoms with E-state index in [1.165, 1.54) is 30.4 Å². The quantitative estimate of drug-likeness (QED) is 0.688. The van der Waals surface area contributed by atoms with Crippen molar-refractivity contribution in [1.82, 2.24) is 10.6 Å². The first-order chi connectivity index (χ1) is 12.3. The first-order valence-corrected chi connectivity index (χ1v) is 9.85. The lowest BCUT2D eigenvalue weighted by molar-refractivity contribution is 0.178. The van der Waals surface area contributed by atoms with Gasteiger partial charge < -0.3 is 10.6 Å². The molecule has 0 aliphatic heterocycles. The topological polar surface area (TPSA) is 24.1 Å². The predicted octanol–water partition coefficient (Wildman–Crippen LogP) is 4.92. The number of rotatable bonds is 7. The molecule has 1 fully saturated rings. The van der Waals surface area contributed by atoms with Crippen molar-refractivity contribution in [1.29, 1.82) is 0 Å². The second-order valence-electron chi connectivity index (χ2n) is 7.04. The SMILES string of the molecule is CN[C@]1(c2ccccc2Cl)CCCC[C@H]1NCCCc1ccccc1. The van der Waals surface area contributed by atoms with Gasteiger partial charge in [-0.3, -0.25) is 0 Å². The van der Waals surface area contributed by atoms with E-state index in [1.54, 1.807) is 0 Å². The molecule has 134 valence electrons. The summed E-state index contributed by atoms with van der Waals surface area (Å²) in [4.78, 5) is 0. The van der Waals surface area contributed by atoms with Crippen molar-refractivity contribution >= 4 is 11.6 Å². The van der Waals surface area contributed by atoms with Crippen LogP contribution in [0.25, 0.3) is 0 Å². The molecule has 0 saturated heterocycles. The molecule has 0 aromatic heterocycles. The zero-order valence-corrected chi connectivity index (χ0v) is 15.9. The fraction of sp³-hybridized carbons (Fsp3) is 0.455. The van der Waals surface area contributed by atoms with E-state index in [9.17, 15) is 0 Å². The maximum atomic E-state index is 6.56. The summed E-state index contributed by atoms with van der Waals surface area (Å²) < 4.78 is 0. The Kier molecular flexibility index (Phi) is 6.52. The van der Waals surface area contributed by atoms with E-state index in [-0.39, 0.29) is 5.54 Å². The number of likely N-dealkylation sites (N-methyl/N-ethyl adjacent to an activating group) is 1. The fourth-order valence-corrected chi connectivity index (χ4v) is 4.55. The van der Waals surface area contributed by atoms with Gasteiger partial charge in [0.15, 0.2) is 0 Å². The van der Waals surface area contributed by atoms with E-state index in [0.29, 0.717) is 6.04 Å². The molecule has 0 amide bonds. The fourth-order valence-electron chi connectivity index (χ4n) is 4.24. The zero-order chi connectivity index (χ0) is 17.5. The Morgan fingerprint density at radius 2 is 1.80 bits per heavy atom. The monoisotopic (exact) mass is 356 g/mol. The van der Waals surface area contributed by atoms with Crippen LogP contribution in [0.4, 0.5) is 0 Å². The average molecular weight is 357 g/mol. The van der Waals surface area contributed by atoms with Gasteiger partial charge in [-0.15, -0.1) is 0 Å². The molecule has 2 aromatic carbocycles. The molecule has 1 aliphatic carbocycles. The number of hydrogen-bond acceptors (Lipinski definition) is 2. The highest BCUT2D eigenvalue weighted by Gasteiger charge is 2.41. The van der Waals surface area contributed by atoms with Crippen LogP contribution >= 0.6 is 11.6 Å². The normalized spacial score (nSPS) is 23.5. The van der Waals surface area contributed by atoms with Crippen LogP contribution in [-0.2, 0) is 12.0 Å². The maximum absolute atomic E-state index is 6.56. The summed E-state index contributed by atoms with van der Waals surface area (Å²) >= 11 is 6.56. The van der Waals surface area contributed by atoms with E-state index < -0.39 is 0 Å². The summed E-state index contributed by atoms with van der Waals surface area (Å²) in [7, 11) is 2.08. The molecule has 0 bridgehead atoms. The minimum absolute atomic E-state index is 0.0661. The lowest BCUT2D eigenvalue weighted by Gasteiger charge is -2.45. The highest BCUT2D eigenvalue weighted by atomic mass is 35.5. The van der Waals surface area contributed by atoms with Gasteiger partial charge in [0, 0.05) is 11.1 Å². The minimum Gasteiger partial charge on any atom is -0.312 e. The average Bonchev–Trinajstić information content (AvgIpc) is 2.67. The van der Waals surface area contributed by atoms with E-state index in [2.05, 4.69) is 60.1 Å². The standard InChI is InChI=1S/C22H29ClN2/c1-24-22(19-13-5-6-14-20(19)23)16-8-7-15-21(22)25-17-9-12-18-10-3-2-4-11-18/h2-6,10-11,13-14,21,24-25H,7-9,12,15-17H2,1H3/t21-,22+/m1/s1. The van der Waals surface area contributed by atoms with Crippen LogP contribution in [0, 0.1) is 0 Å². The van der Waals surface area contributed by atoms with Gasteiger partial charge in [0.2, 0.25) is 0 Å². The van der Waals surface area contributed by atoms with Gasteiger partial charge in [0.25, 0.3) is 0 Å². The molecule has 3 heteroatoms. The smallest absolute Gasteiger partial charge is 0.0602 e. The molecule has 0 spiro atoms. The van der Waals surface area contributed by atoms with Crippen molar-refractivity contribution in [3.8, 4) is 0 Å². The van der Waals surface area contributed by atoms with Gasteiger partial charge >= 0.3 is 0 Å². The van der Waals surface area contributed by atoms with Gasteiger partial charge in [-0.05, 0) is 56.5 Å². The summed E-state index contributed by atoms with van der Waals surface area (Å²) in [6, 6.07) is 19.5. The molecule has 2 aromatic rings. The predicted molar refractivity (Wildman–Crippen MR) is 107 cm³/mol. The van der Waals surface area contributed by atoms with E-state index >= 15 is 0 Å². The van der Waals surface area contributed by atoms with Gasteiger partial charge in [0.05, 0.1) is 5.54 Å². The van der Waals surface area contributed by atoms with E-state index in [1.807, 2.05) is 12.1 Å². The van der Waals surface area contributed by atoms with Crippen molar-refractivity contribution in [3.05, 3.63) is 70.7 Å². The van der Waals surface area contributed by atoms with Crippen molar-refractivity contribution < 1.29 is 0 Å². The van der Waals surface area contributed by atoms with E-state index in [0.717, 1.165) is 30.8 Å². The summed E-state index contributed by atoms with van der Waals surface area (Å²) in [6.07, 6.45) is 7.13. The second-order valence-corrected chi connectivity index (χ2v) is 7.45. The molecule has 3 rings (SSSR count). The molecule has 2 N–H and O–H groups in total. The third-order valence-electron chi connectivity index (χ3n) is 5.59. The summed E-state index contributed by atoms with van der Waals surface area (Å²) in [5.74, 6) is 0. The Morgan fingerprint density at radius 3 is 2.56 bits per heavy atom. The largest absolute Gasteiger partial charge is 0.312 e. The zero-order valence-electron chi connectivity index (χ0n) is 15.1. The highest BCUT2D eigenvalue weighted by molar-refractivity contribution is 6.31. The molecule has 0 unspecified atom stereocenters. The van der Waals surface area contributed by atoms with Crippen molar-refractivity contribution in [3.63, 3.8) is 0 Å². The van der Waals surface area contributed by atoms with Crippen molar-refractivity contribution in [2.24, 2.45) is 0 Å². The van der Waals surface area contributed by atoms with Crippen molar-refractivity contribution in [2.75, 3.05) is 13.6 Å². The molecule has 1 saturated carbocycles. The molecule has 2 atom stereocenters. The Bertz CT molecular complexity index is 658. The molecule has 0 radical (unpaired) electrons. The summed E-state index contributed by atoms with van der Waals surface area (Å²) in [5, 5.41) is 8.34. The number of aryl methyl sites for hydroxylation is 1. The van der Waals surface area contributed by atoms with Crippen LogP contribution in [0.3, 0.4) is 0 Å². The van der Waals surface area contributed by atoms with Gasteiger partial charge in [-0.25, -0.2) is 0 Å². The minimum atomic E-state index is -0.0661. The Balaban J connectivity index is 1.66. The second kappa shape index (κ2) is 8.84. The van der Waals surface area contributed by atoms with Crippen LogP contribution < -0.4 is 10.6 Å². The number of benzene rings is 2. The molecule has 1 aliphatic rings. The van der Waals surface area contributed by atoms with Crippen LogP contribution in [0.2, 0.25) is 5.02 Å². The van der Waals surface area contributed by atoms with E-state index in [4.69, 9.17) is 11.6 Å². The van der Waals surface area contributed by atoms with Gasteiger partial charge in [-0.2, -0.15) is 0 Å². The van der Waals surface area contributed by atoms with Crippen LogP contribution in [-0.4, -0.2) is 19.6 Å². The summed E-state index contributed by atoms with van der Waals surface area (Å²) in [5.41, 5.74) is 2.59. The van der Waals surface area contributed by atoms with Gasteiger partial charge in [0.1, 0.15) is 0 Å². The third-order valence-corrected chi connectivity index (χ3v) is 5.91. The van der Waals surface area contributed by atoms with Crippen molar-refractivity contribution in [2.45, 2.75) is 50.1 Å². The molecular formula is C22H29ClN2. The lowest BCUT2D eigenvalue weighted by atomic mass is 9.72. The number of halogens is 1. The number of hydrogen-bond donors (Lipinski definition) is 2. The Labute approximate surface area is 157 Å². The van der Waals surface area contributed by atoms with Gasteiger partial charge in [-0.1, -0.05) is 73.0 Å². The van der Waals surface area contributed by atoms with Crippen LogP contribution in [0.15, 0.2) is 54.6 Å². The Hall–Kier alpha value is -1.35. The first-order valence-electron chi connectivity index (χ1n) is 9.47. The molecule has 2 nitrogen and oxygen atoms in total. The Morgan fingerprint density at radius 1 is 1.04 bits per heavy atom. The molecular weight excluding hydrogens is 328 g/mol. The maximum Gasteiger partial charge on any atom is 0.0602 e. The molecule has 25 heavy (non-hydrogen) atoms. The molecule has 0 heterocycles. The lowest BCUT2D eigenvalue weighted by Crippen LogP contribution is -2.58. The first kappa shape index (κ1) is 18.4. The number of nitrogens with one attached hydrogen (secondary N) is 2. The third kappa shape index (κ3) is 4.25.